The molecule has 0 saturated carbocycles. The summed E-state index contributed by atoms with van der Waals surface area (Å²) in [5, 5.41) is 13.4. The van der Waals surface area contributed by atoms with Crippen molar-refractivity contribution in [2.45, 2.75) is 13.8 Å². The second kappa shape index (κ2) is 5.51. The number of aryl methyl sites for hydroxylation is 2. The fraction of sp³-hybridized carbons (Fsp3) is 0.133. The first-order chi connectivity index (χ1) is 10.5. The number of nitrogens with zero attached hydrogens (tertiary/aromatic N) is 1. The van der Waals surface area contributed by atoms with E-state index < -0.39 is 5.97 Å². The number of carbonyl (C=O) groups excluding carboxylic acids is 1. The number of H-pyrrole nitrogens is 1. The Balaban J connectivity index is 2.10. The highest BCUT2D eigenvalue weighted by atomic mass is 32.1. The highest BCUT2D eigenvalue weighted by molar-refractivity contribution is 7.20. The molecule has 1 N–H and O–H groups in total. The molecule has 3 aromatic rings. The van der Waals surface area contributed by atoms with Crippen molar-refractivity contribution in [3.05, 3.63) is 48.5 Å². The van der Waals surface area contributed by atoms with Gasteiger partial charge in [0.2, 0.25) is 0 Å². The van der Waals surface area contributed by atoms with Crippen LogP contribution in [0.15, 0.2) is 16.2 Å². The third-order valence-corrected chi connectivity index (χ3v) is 5.45. The Kier molecular flexibility index (Phi) is 3.67. The maximum absolute atomic E-state index is 12.2. The van der Waals surface area contributed by atoms with E-state index in [4.69, 9.17) is 0 Å². The Labute approximate surface area is 133 Å². The van der Waals surface area contributed by atoms with E-state index in [0.717, 1.165) is 21.8 Å². The van der Waals surface area contributed by atoms with Crippen LogP contribution in [0.5, 0.6) is 0 Å². The number of carboxylic acids is 1. The number of carboxylic acid groups (broad SMARTS) is 1. The maximum atomic E-state index is 12.2. The van der Waals surface area contributed by atoms with Crippen LogP contribution in [0.2, 0.25) is 0 Å². The summed E-state index contributed by atoms with van der Waals surface area (Å²) in [5.74, 6) is -0.886. The van der Waals surface area contributed by atoms with E-state index >= 15 is 0 Å². The molecule has 0 atom stereocenters. The van der Waals surface area contributed by atoms with Crippen molar-refractivity contribution in [3.8, 4) is 0 Å². The first-order valence-electron chi connectivity index (χ1n) is 6.44. The minimum Gasteiger partial charge on any atom is -0.544 e. The highest BCUT2D eigenvalue weighted by Gasteiger charge is 2.14. The zero-order valence-electron chi connectivity index (χ0n) is 11.8. The number of carbonyl (C=O) groups is 1. The number of rotatable bonds is 3. The molecule has 3 heterocycles. The smallest absolute Gasteiger partial charge is 0.260 e. The van der Waals surface area contributed by atoms with E-state index in [1.807, 2.05) is 24.4 Å². The Morgan fingerprint density at radius 1 is 1.36 bits per heavy atom. The van der Waals surface area contributed by atoms with Gasteiger partial charge in [-0.1, -0.05) is 0 Å². The van der Waals surface area contributed by atoms with Gasteiger partial charge in [0.05, 0.1) is 16.2 Å². The molecule has 0 aliphatic rings. The van der Waals surface area contributed by atoms with Crippen LogP contribution in [0.25, 0.3) is 22.4 Å². The van der Waals surface area contributed by atoms with Crippen LogP contribution in [-0.2, 0) is 0 Å². The molecule has 7 heteroatoms. The lowest BCUT2D eigenvalue weighted by molar-refractivity contribution is -0.254. The summed E-state index contributed by atoms with van der Waals surface area (Å²) in [4.78, 5) is 31.7. The number of aromatic amines is 1. The summed E-state index contributed by atoms with van der Waals surface area (Å²) in [6.07, 6.45) is 3.59. The number of hydrogen-bond acceptors (Lipinski definition) is 6. The summed E-state index contributed by atoms with van der Waals surface area (Å²) in [6.45, 7) is 3.59. The molecular formula is C15H11N2O3S2-. The summed E-state index contributed by atoms with van der Waals surface area (Å²) in [5.41, 5.74) is 1.21. The topological polar surface area (TPSA) is 85.9 Å². The molecule has 0 aromatic carbocycles. The zero-order chi connectivity index (χ0) is 15.9. The highest BCUT2D eigenvalue weighted by Crippen LogP contribution is 2.26. The van der Waals surface area contributed by atoms with Crippen molar-refractivity contribution >= 4 is 51.0 Å². The van der Waals surface area contributed by atoms with Gasteiger partial charge in [0, 0.05) is 4.88 Å². The third-order valence-electron chi connectivity index (χ3n) is 3.30. The van der Waals surface area contributed by atoms with Gasteiger partial charge in [-0.05, 0) is 48.6 Å². The van der Waals surface area contributed by atoms with Crippen LogP contribution in [-0.4, -0.2) is 15.9 Å². The molecule has 0 aliphatic heterocycles. The molecule has 0 saturated heterocycles. The van der Waals surface area contributed by atoms with Crippen LogP contribution in [0.1, 0.15) is 31.5 Å². The van der Waals surface area contributed by atoms with Crippen LogP contribution in [0, 0.1) is 13.8 Å². The molecule has 3 rings (SSSR count). The van der Waals surface area contributed by atoms with E-state index in [2.05, 4.69) is 9.97 Å². The van der Waals surface area contributed by atoms with Crippen molar-refractivity contribution in [2.75, 3.05) is 0 Å². The fourth-order valence-electron chi connectivity index (χ4n) is 2.14. The predicted molar refractivity (Wildman–Crippen MR) is 87.3 cm³/mol. The lowest BCUT2D eigenvalue weighted by atomic mass is 10.2. The van der Waals surface area contributed by atoms with Crippen molar-refractivity contribution in [1.29, 1.82) is 0 Å². The molecule has 0 fully saturated rings. The lowest BCUT2D eigenvalue weighted by Crippen LogP contribution is -2.21. The standard InChI is InChI=1S/C15H12N2O3S2/c1-7-5-6-21-9(7)3-4-10-16-13(18)11-8(2)12(15(19)20)22-14(11)17-10/h3-6H,1-2H3,(H,19,20)(H,16,17,18)/p-1/b4-3+. The van der Waals surface area contributed by atoms with Crippen LogP contribution in [0.3, 0.4) is 0 Å². The van der Waals surface area contributed by atoms with Crippen molar-refractivity contribution in [1.82, 2.24) is 9.97 Å². The van der Waals surface area contributed by atoms with Gasteiger partial charge in [-0.2, -0.15) is 0 Å². The van der Waals surface area contributed by atoms with Gasteiger partial charge in [-0.25, -0.2) is 4.98 Å². The molecular weight excluding hydrogens is 320 g/mol. The molecule has 3 aromatic heterocycles. The minimum absolute atomic E-state index is 0.0447. The van der Waals surface area contributed by atoms with Gasteiger partial charge < -0.3 is 14.9 Å². The number of thiophene rings is 2. The number of fused-ring (bicyclic) bond motifs is 1. The molecule has 5 nitrogen and oxygen atoms in total. The molecule has 22 heavy (non-hydrogen) atoms. The van der Waals surface area contributed by atoms with Crippen LogP contribution in [0.4, 0.5) is 0 Å². The molecule has 0 bridgehead atoms. The Bertz CT molecular complexity index is 963. The fourth-order valence-corrected chi connectivity index (χ4v) is 3.99. The first kappa shape index (κ1) is 14.7. The SMILES string of the molecule is Cc1ccsc1/C=C/c1nc2sc(C(=O)[O-])c(C)c2c(=O)[nH]1. The van der Waals surface area contributed by atoms with E-state index in [1.165, 1.54) is 0 Å². The number of nitrogens with one attached hydrogen (secondary N) is 1. The quantitative estimate of drug-likeness (QED) is 0.797. The predicted octanol–water partition coefficient (Wildman–Crippen LogP) is 2.20. The largest absolute Gasteiger partial charge is 0.544 e. The molecule has 0 amide bonds. The van der Waals surface area contributed by atoms with E-state index in [-0.39, 0.29) is 10.4 Å². The van der Waals surface area contributed by atoms with Crippen molar-refractivity contribution in [3.63, 3.8) is 0 Å². The second-order valence-electron chi connectivity index (χ2n) is 4.78. The van der Waals surface area contributed by atoms with Gasteiger partial charge >= 0.3 is 0 Å². The minimum atomic E-state index is -1.29. The normalized spacial score (nSPS) is 11.5. The van der Waals surface area contributed by atoms with E-state index in [0.29, 0.717) is 21.6 Å². The monoisotopic (exact) mass is 331 g/mol. The van der Waals surface area contributed by atoms with Crippen molar-refractivity contribution in [2.24, 2.45) is 0 Å². The van der Waals surface area contributed by atoms with E-state index in [9.17, 15) is 14.7 Å². The second-order valence-corrected chi connectivity index (χ2v) is 6.72. The summed E-state index contributed by atoms with van der Waals surface area (Å²) in [7, 11) is 0. The molecule has 0 spiro atoms. The number of hydrogen-bond donors (Lipinski definition) is 1. The van der Waals surface area contributed by atoms with E-state index in [1.54, 1.807) is 24.3 Å². The molecule has 0 aliphatic carbocycles. The maximum Gasteiger partial charge on any atom is 0.260 e. The van der Waals surface area contributed by atoms with Gasteiger partial charge in [0.1, 0.15) is 10.7 Å². The summed E-state index contributed by atoms with van der Waals surface area (Å²) in [6, 6.07) is 2.01. The summed E-state index contributed by atoms with van der Waals surface area (Å²) >= 11 is 2.56. The van der Waals surface area contributed by atoms with Crippen molar-refractivity contribution < 1.29 is 9.90 Å². The first-order valence-corrected chi connectivity index (χ1v) is 8.14. The van der Waals surface area contributed by atoms with Gasteiger partial charge in [-0.3, -0.25) is 4.79 Å². The average Bonchev–Trinajstić information content (AvgIpc) is 3.00. The Morgan fingerprint density at radius 2 is 2.14 bits per heavy atom. The zero-order valence-corrected chi connectivity index (χ0v) is 13.4. The Hall–Kier alpha value is -2.25. The summed E-state index contributed by atoms with van der Waals surface area (Å²) < 4.78 is 0. The van der Waals surface area contributed by atoms with Gasteiger partial charge in [0.25, 0.3) is 5.56 Å². The van der Waals surface area contributed by atoms with Crippen LogP contribution >= 0.6 is 22.7 Å². The van der Waals surface area contributed by atoms with Crippen LogP contribution < -0.4 is 10.7 Å². The molecule has 0 radical (unpaired) electrons. The Morgan fingerprint density at radius 3 is 2.77 bits per heavy atom. The average molecular weight is 331 g/mol. The molecule has 112 valence electrons. The van der Waals surface area contributed by atoms with Gasteiger partial charge in [-0.15, -0.1) is 22.7 Å². The third kappa shape index (κ3) is 2.49. The lowest BCUT2D eigenvalue weighted by Gasteiger charge is -1.97. The number of aromatic carboxylic acids is 1. The van der Waals surface area contributed by atoms with Gasteiger partial charge in [0.15, 0.2) is 0 Å². The molecule has 0 unspecified atom stereocenters. The number of aromatic nitrogens is 2.